The van der Waals surface area contributed by atoms with Gasteiger partial charge >= 0.3 is 0 Å². The molecule has 1 unspecified atom stereocenters. The number of aromatic amines is 2. The molecule has 4 aromatic rings. The van der Waals surface area contributed by atoms with Gasteiger partial charge in [-0.15, -0.1) is 0 Å². The zero-order valence-corrected chi connectivity index (χ0v) is 18.6. The number of hydrogen-bond acceptors (Lipinski definition) is 2. The smallest absolute Gasteiger partial charge is 0.131 e. The number of fused-ring (bicyclic) bond motifs is 2. The maximum Gasteiger partial charge on any atom is 0.131 e. The van der Waals surface area contributed by atoms with Crippen LogP contribution in [0.5, 0.6) is 0 Å². The second kappa shape index (κ2) is 6.62. The average Bonchev–Trinajstić information content (AvgIpc) is 3.18. The molecular weight excluding hydrogens is 447 g/mol. The standard InChI is InChI=1S/C22H25IN4/c1-12-6-9-16-19(21(23)27-24-16)18(12)13(2)10-14-7-8-15-17(11-14)25-26-20(15)22(3,4)5/h6-9,11,13H,10H2,1-5H3,(H,24,27)(H,25,26). The van der Waals surface area contributed by atoms with Gasteiger partial charge in [0.1, 0.15) is 3.70 Å². The molecule has 0 aliphatic heterocycles. The average molecular weight is 472 g/mol. The first kappa shape index (κ1) is 18.5. The van der Waals surface area contributed by atoms with Crippen molar-refractivity contribution in [2.45, 2.75) is 52.4 Å². The minimum Gasteiger partial charge on any atom is -0.278 e. The van der Waals surface area contributed by atoms with Crippen molar-refractivity contribution in [2.24, 2.45) is 0 Å². The molecule has 2 aromatic heterocycles. The fourth-order valence-electron chi connectivity index (χ4n) is 4.06. The summed E-state index contributed by atoms with van der Waals surface area (Å²) in [6.07, 6.45) is 0.987. The van der Waals surface area contributed by atoms with E-state index >= 15 is 0 Å². The summed E-state index contributed by atoms with van der Waals surface area (Å²) in [6, 6.07) is 11.0. The zero-order valence-electron chi connectivity index (χ0n) is 16.4. The van der Waals surface area contributed by atoms with Crippen molar-refractivity contribution in [3.8, 4) is 0 Å². The first-order valence-corrected chi connectivity index (χ1v) is 10.4. The Balaban J connectivity index is 1.71. The Hall–Kier alpha value is -1.89. The van der Waals surface area contributed by atoms with Gasteiger partial charge in [-0.1, -0.05) is 45.9 Å². The van der Waals surface area contributed by atoms with Gasteiger partial charge in [0.05, 0.1) is 16.7 Å². The van der Waals surface area contributed by atoms with Gasteiger partial charge in [0, 0.05) is 16.2 Å². The van der Waals surface area contributed by atoms with E-state index in [1.165, 1.54) is 27.5 Å². The predicted molar refractivity (Wildman–Crippen MR) is 120 cm³/mol. The quantitative estimate of drug-likeness (QED) is 0.360. The van der Waals surface area contributed by atoms with E-state index in [0.29, 0.717) is 5.92 Å². The first-order chi connectivity index (χ1) is 12.8. The highest BCUT2D eigenvalue weighted by atomic mass is 127. The van der Waals surface area contributed by atoms with Crippen LogP contribution < -0.4 is 0 Å². The zero-order chi connectivity index (χ0) is 19.3. The Morgan fingerprint density at radius 1 is 1.04 bits per heavy atom. The van der Waals surface area contributed by atoms with Crippen molar-refractivity contribution in [3.63, 3.8) is 0 Å². The molecule has 0 fully saturated rings. The molecule has 140 valence electrons. The van der Waals surface area contributed by atoms with E-state index in [4.69, 9.17) is 0 Å². The molecule has 0 bridgehead atoms. The highest BCUT2D eigenvalue weighted by Crippen LogP contribution is 2.34. The van der Waals surface area contributed by atoms with E-state index in [1.807, 2.05) is 0 Å². The lowest BCUT2D eigenvalue weighted by atomic mass is 9.87. The largest absolute Gasteiger partial charge is 0.278 e. The minimum atomic E-state index is 0.0395. The number of nitrogens with one attached hydrogen (secondary N) is 2. The lowest BCUT2D eigenvalue weighted by Gasteiger charge is -2.17. The van der Waals surface area contributed by atoms with Gasteiger partial charge in [0.15, 0.2) is 0 Å². The van der Waals surface area contributed by atoms with Crippen molar-refractivity contribution in [2.75, 3.05) is 0 Å². The molecule has 0 saturated carbocycles. The lowest BCUT2D eigenvalue weighted by molar-refractivity contribution is 0.571. The van der Waals surface area contributed by atoms with Crippen molar-refractivity contribution in [3.05, 3.63) is 56.4 Å². The predicted octanol–water partition coefficient (Wildman–Crippen LogP) is 6.00. The maximum atomic E-state index is 4.57. The van der Waals surface area contributed by atoms with E-state index in [1.54, 1.807) is 0 Å². The summed E-state index contributed by atoms with van der Waals surface area (Å²) in [7, 11) is 0. The van der Waals surface area contributed by atoms with Gasteiger partial charge in [-0.05, 0) is 70.7 Å². The Morgan fingerprint density at radius 2 is 1.78 bits per heavy atom. The number of benzene rings is 2. The molecule has 4 nitrogen and oxygen atoms in total. The summed E-state index contributed by atoms with van der Waals surface area (Å²) in [5.74, 6) is 0.405. The van der Waals surface area contributed by atoms with Gasteiger partial charge < -0.3 is 0 Å². The molecule has 0 amide bonds. The molecular formula is C22H25IN4. The second-order valence-electron chi connectivity index (χ2n) is 8.54. The van der Waals surface area contributed by atoms with Crippen LogP contribution in [0.3, 0.4) is 0 Å². The van der Waals surface area contributed by atoms with Crippen molar-refractivity contribution in [1.29, 1.82) is 0 Å². The SMILES string of the molecule is Cc1ccc2[nH]nc(I)c2c1C(C)Cc1ccc2c(C(C)(C)C)n[nH]c2c1. The number of nitrogens with zero attached hydrogens (tertiary/aromatic N) is 2. The van der Waals surface area contributed by atoms with Crippen LogP contribution in [-0.4, -0.2) is 20.4 Å². The van der Waals surface area contributed by atoms with Crippen LogP contribution in [0.1, 0.15) is 56.0 Å². The molecule has 1 atom stereocenters. The highest BCUT2D eigenvalue weighted by Gasteiger charge is 2.21. The molecule has 5 heteroatoms. The molecule has 4 rings (SSSR count). The van der Waals surface area contributed by atoms with E-state index in [9.17, 15) is 0 Å². The number of H-pyrrole nitrogens is 2. The van der Waals surface area contributed by atoms with Crippen LogP contribution in [0.4, 0.5) is 0 Å². The summed E-state index contributed by atoms with van der Waals surface area (Å²) >= 11 is 2.33. The van der Waals surface area contributed by atoms with Crippen LogP contribution in [0.25, 0.3) is 21.8 Å². The van der Waals surface area contributed by atoms with Crippen LogP contribution in [-0.2, 0) is 11.8 Å². The van der Waals surface area contributed by atoms with Crippen LogP contribution in [0.15, 0.2) is 30.3 Å². The molecule has 2 heterocycles. The van der Waals surface area contributed by atoms with E-state index in [0.717, 1.165) is 26.8 Å². The molecule has 2 N–H and O–H groups in total. The number of rotatable bonds is 3. The van der Waals surface area contributed by atoms with Gasteiger partial charge in [-0.2, -0.15) is 10.2 Å². The molecule has 0 radical (unpaired) electrons. The van der Waals surface area contributed by atoms with Gasteiger partial charge in [0.2, 0.25) is 0 Å². The Bertz CT molecular complexity index is 1130. The summed E-state index contributed by atoms with van der Waals surface area (Å²) in [5, 5.41) is 17.8. The summed E-state index contributed by atoms with van der Waals surface area (Å²) in [5.41, 5.74) is 7.46. The normalized spacial score (nSPS) is 13.6. The highest BCUT2D eigenvalue weighted by molar-refractivity contribution is 14.1. The molecule has 0 aliphatic carbocycles. The molecule has 0 aliphatic rings. The fraction of sp³-hybridized carbons (Fsp3) is 0.364. The third-order valence-electron chi connectivity index (χ3n) is 5.32. The number of hydrogen-bond donors (Lipinski definition) is 2. The number of aryl methyl sites for hydroxylation is 1. The monoisotopic (exact) mass is 472 g/mol. The van der Waals surface area contributed by atoms with Gasteiger partial charge in [0.25, 0.3) is 0 Å². The third-order valence-corrected chi connectivity index (χ3v) is 6.10. The Morgan fingerprint density at radius 3 is 2.52 bits per heavy atom. The number of halogens is 1. The van der Waals surface area contributed by atoms with Gasteiger partial charge in [-0.25, -0.2) is 0 Å². The van der Waals surface area contributed by atoms with E-state index in [-0.39, 0.29) is 5.41 Å². The van der Waals surface area contributed by atoms with E-state index < -0.39 is 0 Å². The molecule has 2 aromatic carbocycles. The molecule has 27 heavy (non-hydrogen) atoms. The summed E-state index contributed by atoms with van der Waals surface area (Å²) in [4.78, 5) is 0. The summed E-state index contributed by atoms with van der Waals surface area (Å²) in [6.45, 7) is 11.1. The van der Waals surface area contributed by atoms with Crippen LogP contribution >= 0.6 is 22.6 Å². The van der Waals surface area contributed by atoms with E-state index in [2.05, 4.69) is 108 Å². The topological polar surface area (TPSA) is 57.4 Å². The second-order valence-corrected chi connectivity index (χ2v) is 9.56. The van der Waals surface area contributed by atoms with Crippen molar-refractivity contribution < 1.29 is 0 Å². The van der Waals surface area contributed by atoms with Crippen LogP contribution in [0.2, 0.25) is 0 Å². The first-order valence-electron chi connectivity index (χ1n) is 9.36. The van der Waals surface area contributed by atoms with Crippen LogP contribution in [0, 0.1) is 10.6 Å². The van der Waals surface area contributed by atoms with Gasteiger partial charge in [-0.3, -0.25) is 10.2 Å². The lowest BCUT2D eigenvalue weighted by Crippen LogP contribution is -2.11. The van der Waals surface area contributed by atoms with Crippen molar-refractivity contribution in [1.82, 2.24) is 20.4 Å². The molecule has 0 spiro atoms. The third kappa shape index (κ3) is 3.26. The van der Waals surface area contributed by atoms with Crippen molar-refractivity contribution >= 4 is 44.4 Å². The number of aromatic nitrogens is 4. The molecule has 0 saturated heterocycles. The Labute approximate surface area is 173 Å². The summed E-state index contributed by atoms with van der Waals surface area (Å²) < 4.78 is 1.05. The minimum absolute atomic E-state index is 0.0395. The fourth-order valence-corrected chi connectivity index (χ4v) is 4.76. The Kier molecular flexibility index (Phi) is 4.53. The maximum absolute atomic E-state index is 4.57.